The van der Waals surface area contributed by atoms with Crippen LogP contribution < -0.4 is 0 Å². The van der Waals surface area contributed by atoms with Gasteiger partial charge in [0.1, 0.15) is 44.3 Å². The van der Waals surface area contributed by atoms with Crippen LogP contribution in [0.3, 0.4) is 0 Å². The standard InChI is InChI=1S/C16H29NO3.C14H25NO3.2C12H21NO3.2C11H19NO3.C10H17NO3.C9H15NO3/c1-7-10-11-13(8-2)12-20-15(19)16(4,5)17(6)14(18)9-3;1-6-8-9-10-11-18-13(17)14(3,4)15(5)12(16)7-2;1-7-10(14)13(6)12(4,5)11(15)16-8-9(2)3;1-6-8-9-16-11(15)12(3,4)13(5)10(14)7-2;1-7-9(13)12(6)11(4,5)10(14)15-8(2)3;1-6-8-15-10(14)11(3,4)12(5)9(13)7-2;1-6-8(12)11(5)10(3,4)9(13)14-7-2;1-6-7(11)10(4)9(2,3)8(12)13-5/h9,13H,3,7-8,10-12H2,1-2,4-6H3;7H,2,6,8-11H2,1,3-5H3;7,9H,1,8H2,2-6H3;7H,2,6,8-9H2,1,3-5H3;7-8H,1H2,2-6H3;7H,2,6,8H2,1,3-5H3;6H,1,7H2,2-5H3;6H,1H2,2-5H3. The van der Waals surface area contributed by atoms with Gasteiger partial charge in [-0.25, -0.2) is 38.4 Å². The van der Waals surface area contributed by atoms with Gasteiger partial charge in [0, 0.05) is 56.4 Å². The maximum Gasteiger partial charge on any atom is 0.331 e. The minimum absolute atomic E-state index is 0.191. The van der Waals surface area contributed by atoms with E-state index in [0.29, 0.717) is 45.6 Å². The summed E-state index contributed by atoms with van der Waals surface area (Å²) in [4.78, 5) is 195. The summed E-state index contributed by atoms with van der Waals surface area (Å²) in [5, 5.41) is 0. The molecule has 0 aliphatic heterocycles. The van der Waals surface area contributed by atoms with Gasteiger partial charge in [-0.15, -0.1) is 0 Å². The average Bonchev–Trinajstić information content (AvgIpc) is 0.822. The van der Waals surface area contributed by atoms with E-state index in [-0.39, 0.29) is 71.2 Å². The largest absolute Gasteiger partial charge is 0.467 e. The van der Waals surface area contributed by atoms with Crippen LogP contribution >= 0.6 is 0 Å². The van der Waals surface area contributed by atoms with E-state index < -0.39 is 80.1 Å². The lowest BCUT2D eigenvalue weighted by Crippen LogP contribution is -2.51. The molecule has 0 heterocycles. The second-order valence-electron chi connectivity index (χ2n) is 33.8. The lowest BCUT2D eigenvalue weighted by atomic mass is 10.00. The Bertz CT molecular complexity index is 3550. The molecule has 730 valence electrons. The molecule has 0 saturated carbocycles. The molecule has 0 aromatic heterocycles. The summed E-state index contributed by atoms with van der Waals surface area (Å²) in [5.74, 6) is -4.95. The highest BCUT2D eigenvalue weighted by Crippen LogP contribution is 2.24. The fourth-order valence-electron chi connectivity index (χ4n) is 8.73. The van der Waals surface area contributed by atoms with Crippen LogP contribution in [0.4, 0.5) is 0 Å². The molecular formula is C95H166N8O24. The van der Waals surface area contributed by atoms with Crippen molar-refractivity contribution in [3.05, 3.63) is 101 Å². The molecule has 0 N–H and O–H groups in total. The van der Waals surface area contributed by atoms with Crippen molar-refractivity contribution in [2.24, 2.45) is 11.8 Å². The molecular weight excluding hydrogens is 1640 g/mol. The Labute approximate surface area is 762 Å². The van der Waals surface area contributed by atoms with Crippen LogP contribution in [-0.4, -0.2) is 288 Å². The van der Waals surface area contributed by atoms with E-state index in [1.165, 1.54) is 95.9 Å². The predicted molar refractivity (Wildman–Crippen MR) is 499 cm³/mol. The number of amides is 8. The lowest BCUT2D eigenvalue weighted by molar-refractivity contribution is -0.162. The van der Waals surface area contributed by atoms with Gasteiger partial charge in [0.25, 0.3) is 0 Å². The zero-order chi connectivity index (χ0) is 102. The first kappa shape index (κ1) is 132. The number of rotatable bonds is 44. The zero-order valence-corrected chi connectivity index (χ0v) is 84.4. The second kappa shape index (κ2) is 65.9. The summed E-state index contributed by atoms with van der Waals surface area (Å²) in [6.07, 6.45) is 20.4. The Balaban J connectivity index is -0.000000213. The fraction of sp³-hybridized carbons (Fsp3) is 0.663. The quantitative estimate of drug-likeness (QED) is 0.0237. The van der Waals surface area contributed by atoms with Crippen molar-refractivity contribution in [2.75, 3.05) is 103 Å². The average molecular weight is 1800 g/mol. The van der Waals surface area contributed by atoms with Crippen LogP contribution in [0, 0.1) is 11.8 Å². The number of carbonyl (C=O) groups excluding carboxylic acids is 16. The van der Waals surface area contributed by atoms with Gasteiger partial charge in [-0.05, 0) is 218 Å². The van der Waals surface area contributed by atoms with Crippen molar-refractivity contribution >= 4 is 95.0 Å². The molecule has 0 radical (unpaired) electrons. The van der Waals surface area contributed by atoms with Crippen LogP contribution in [-0.2, 0) is 115 Å². The van der Waals surface area contributed by atoms with Gasteiger partial charge in [-0.1, -0.05) is 146 Å². The summed E-state index contributed by atoms with van der Waals surface area (Å²) in [6.45, 7) is 75.2. The number of ether oxygens (including phenoxy) is 8. The molecule has 32 nitrogen and oxygen atoms in total. The Kier molecular flexibility index (Phi) is 68.5. The SMILES string of the molecule is C=CC(=O)N(C)C(C)(C)C(=O)OC.C=CC(=O)N(C)C(C)(C)C(=O)OC(C)C.C=CC(=O)N(C)C(C)(C)C(=O)OCC.C=CC(=O)N(C)C(C)(C)C(=O)OCC(C)C.C=CC(=O)N(C)C(C)(C)C(=O)OCC(CC)CCCC.C=CC(=O)N(C)C(C)(C)C(=O)OCCC.C=CC(=O)N(C)C(C)(C)C(=O)OCCCC.C=CC(=O)N(C)C(C)(C)C(=O)OCCCCCC. The zero-order valence-electron chi connectivity index (χ0n) is 84.4. The van der Waals surface area contributed by atoms with E-state index in [2.05, 4.69) is 78.1 Å². The number of nitrogens with zero attached hydrogens (tertiary/aromatic N) is 8. The van der Waals surface area contributed by atoms with Crippen molar-refractivity contribution in [2.45, 2.75) is 301 Å². The minimum Gasteiger partial charge on any atom is -0.467 e. The van der Waals surface area contributed by atoms with E-state index >= 15 is 0 Å². The lowest BCUT2D eigenvalue weighted by Gasteiger charge is -2.33. The topological polar surface area (TPSA) is 373 Å². The van der Waals surface area contributed by atoms with Gasteiger partial charge in [0.15, 0.2) is 0 Å². The first-order chi connectivity index (χ1) is 58.1. The second-order valence-corrected chi connectivity index (χ2v) is 33.8. The van der Waals surface area contributed by atoms with Crippen molar-refractivity contribution in [3.8, 4) is 0 Å². The summed E-state index contributed by atoms with van der Waals surface area (Å²) < 4.78 is 40.3. The molecule has 0 spiro atoms. The molecule has 0 aliphatic rings. The van der Waals surface area contributed by atoms with Gasteiger partial charge in [0.05, 0.1) is 52.9 Å². The molecule has 1 unspecified atom stereocenters. The number of methoxy groups -OCH3 is 1. The number of unbranched alkanes of at least 4 members (excludes halogenated alkanes) is 5. The third-order valence-corrected chi connectivity index (χ3v) is 20.5. The van der Waals surface area contributed by atoms with E-state index in [9.17, 15) is 76.7 Å². The molecule has 0 aliphatic carbocycles. The van der Waals surface area contributed by atoms with Gasteiger partial charge < -0.3 is 77.1 Å². The highest BCUT2D eigenvalue weighted by molar-refractivity contribution is 5.97. The predicted octanol–water partition coefficient (Wildman–Crippen LogP) is 13.3. The maximum absolute atomic E-state index is 12.2. The van der Waals surface area contributed by atoms with Crippen LogP contribution in [0.1, 0.15) is 251 Å². The maximum atomic E-state index is 12.2. The summed E-state index contributed by atoms with van der Waals surface area (Å²) in [6, 6.07) is 0. The van der Waals surface area contributed by atoms with Crippen molar-refractivity contribution in [1.29, 1.82) is 0 Å². The number of esters is 8. The summed E-state index contributed by atoms with van der Waals surface area (Å²) in [7, 11) is 13.7. The number of hydrogen-bond acceptors (Lipinski definition) is 24. The first-order valence-electron chi connectivity index (χ1n) is 42.7. The third-order valence-electron chi connectivity index (χ3n) is 20.5. The molecule has 0 saturated heterocycles. The Morgan fingerprint density at radius 3 is 0.724 bits per heavy atom. The molecule has 127 heavy (non-hydrogen) atoms. The Hall–Kier alpha value is -10.6. The van der Waals surface area contributed by atoms with E-state index in [0.717, 1.165) is 76.7 Å². The summed E-state index contributed by atoms with van der Waals surface area (Å²) in [5.41, 5.74) is -7.72. The van der Waals surface area contributed by atoms with Crippen molar-refractivity contribution in [1.82, 2.24) is 39.2 Å². The molecule has 0 aromatic carbocycles. The monoisotopic (exact) mass is 1800 g/mol. The molecule has 1 atom stereocenters. The van der Waals surface area contributed by atoms with Crippen LogP contribution in [0.25, 0.3) is 0 Å². The molecule has 0 aromatic rings. The third kappa shape index (κ3) is 48.8. The highest BCUT2D eigenvalue weighted by Gasteiger charge is 2.43. The van der Waals surface area contributed by atoms with Crippen LogP contribution in [0.2, 0.25) is 0 Å². The molecule has 0 rings (SSSR count). The summed E-state index contributed by atoms with van der Waals surface area (Å²) >= 11 is 0. The minimum atomic E-state index is -0.978. The highest BCUT2D eigenvalue weighted by atomic mass is 16.6. The molecule has 32 heteroatoms. The molecule has 8 amide bonds. The normalized spacial score (nSPS) is 11.1. The van der Waals surface area contributed by atoms with E-state index in [4.69, 9.17) is 33.2 Å². The van der Waals surface area contributed by atoms with Gasteiger partial charge >= 0.3 is 47.8 Å². The van der Waals surface area contributed by atoms with Crippen molar-refractivity contribution < 1.29 is 115 Å². The first-order valence-corrected chi connectivity index (χ1v) is 42.7. The number of likely N-dealkylation sites (N-methyl/N-ethyl adjacent to an activating group) is 8. The fourth-order valence-corrected chi connectivity index (χ4v) is 8.73. The van der Waals surface area contributed by atoms with Gasteiger partial charge in [-0.3, -0.25) is 38.4 Å². The van der Waals surface area contributed by atoms with Gasteiger partial charge in [0.2, 0.25) is 47.3 Å². The number of hydrogen-bond donors (Lipinski definition) is 0. The molecule has 0 fully saturated rings. The van der Waals surface area contributed by atoms with Gasteiger partial charge in [-0.2, -0.15) is 0 Å². The number of carbonyl (C=O) groups is 16. The van der Waals surface area contributed by atoms with E-state index in [1.54, 1.807) is 181 Å². The molecule has 0 bridgehead atoms. The van der Waals surface area contributed by atoms with Crippen LogP contribution in [0.5, 0.6) is 0 Å². The van der Waals surface area contributed by atoms with E-state index in [1.807, 2.05) is 27.7 Å². The Morgan fingerprint density at radius 1 is 0.276 bits per heavy atom. The van der Waals surface area contributed by atoms with Crippen LogP contribution in [0.15, 0.2) is 101 Å². The smallest absolute Gasteiger partial charge is 0.331 e. The Morgan fingerprint density at radius 2 is 0.504 bits per heavy atom. The van der Waals surface area contributed by atoms with Crippen molar-refractivity contribution in [3.63, 3.8) is 0 Å².